The number of amides is 2. The predicted octanol–water partition coefficient (Wildman–Crippen LogP) is 5.05. The summed E-state index contributed by atoms with van der Waals surface area (Å²) < 4.78 is 0. The summed E-state index contributed by atoms with van der Waals surface area (Å²) >= 11 is 1.42. The van der Waals surface area contributed by atoms with Crippen LogP contribution in [0.25, 0.3) is 6.08 Å². The number of hydrogen-bond donors (Lipinski definition) is 2. The summed E-state index contributed by atoms with van der Waals surface area (Å²) in [5.41, 5.74) is 4.52. The Bertz CT molecular complexity index is 1120. The van der Waals surface area contributed by atoms with E-state index in [1.54, 1.807) is 12.1 Å². The quantitative estimate of drug-likeness (QED) is 0.574. The van der Waals surface area contributed by atoms with Crippen LogP contribution in [0, 0.1) is 6.92 Å². The maximum Gasteiger partial charge on any atom is 0.262 e. The summed E-state index contributed by atoms with van der Waals surface area (Å²) in [6.45, 7) is 2.59. The summed E-state index contributed by atoms with van der Waals surface area (Å²) in [5.74, 6) is -0.301. The average molecular weight is 415 g/mol. The van der Waals surface area contributed by atoms with Gasteiger partial charge in [0.1, 0.15) is 0 Å². The van der Waals surface area contributed by atoms with Crippen molar-refractivity contribution < 1.29 is 9.59 Å². The molecule has 2 N–H and O–H groups in total. The van der Waals surface area contributed by atoms with Gasteiger partial charge in [0, 0.05) is 17.0 Å². The average Bonchev–Trinajstić information content (AvgIpc) is 2.75. The second-order valence-electron chi connectivity index (χ2n) is 7.18. The van der Waals surface area contributed by atoms with Gasteiger partial charge in [-0.3, -0.25) is 9.59 Å². The van der Waals surface area contributed by atoms with Crippen LogP contribution < -0.4 is 10.6 Å². The van der Waals surface area contributed by atoms with Gasteiger partial charge in [-0.25, -0.2) is 0 Å². The molecule has 1 aliphatic heterocycles. The van der Waals surface area contributed by atoms with Gasteiger partial charge in [-0.2, -0.15) is 0 Å². The molecule has 150 valence electrons. The van der Waals surface area contributed by atoms with Gasteiger partial charge in [0.05, 0.1) is 10.6 Å². The lowest BCUT2D eigenvalue weighted by atomic mass is 10.1. The third-order valence-electron chi connectivity index (χ3n) is 4.82. The second kappa shape index (κ2) is 9.01. The van der Waals surface area contributed by atoms with Crippen LogP contribution in [0.15, 0.2) is 82.6 Å². The van der Waals surface area contributed by atoms with E-state index in [4.69, 9.17) is 0 Å². The van der Waals surface area contributed by atoms with Crippen LogP contribution in [-0.2, 0) is 11.2 Å². The monoisotopic (exact) mass is 414 g/mol. The first-order valence-electron chi connectivity index (χ1n) is 9.82. The van der Waals surface area contributed by atoms with E-state index in [9.17, 15) is 9.59 Å². The van der Waals surface area contributed by atoms with Crippen molar-refractivity contribution in [1.82, 2.24) is 5.32 Å². The van der Waals surface area contributed by atoms with Crippen LogP contribution >= 0.6 is 11.8 Å². The number of anilines is 1. The molecule has 0 saturated carbocycles. The molecule has 3 aromatic carbocycles. The fraction of sp³-hybridized carbons (Fsp3) is 0.120. The molecule has 0 fully saturated rings. The Morgan fingerprint density at radius 3 is 2.67 bits per heavy atom. The number of hydrogen-bond acceptors (Lipinski definition) is 3. The molecule has 2 amide bonds. The molecular formula is C25H22N2O2S. The number of carbonyl (C=O) groups is 2. The molecule has 4 nitrogen and oxygen atoms in total. The number of fused-ring (bicyclic) bond motifs is 1. The van der Waals surface area contributed by atoms with E-state index in [-0.39, 0.29) is 11.8 Å². The van der Waals surface area contributed by atoms with E-state index < -0.39 is 0 Å². The number of benzene rings is 3. The molecule has 0 spiro atoms. The molecule has 0 aromatic heterocycles. The first-order chi connectivity index (χ1) is 14.6. The standard InChI is InChI=1S/C25H22N2O2S/c1-17-6-5-9-19(14-17)15-23-25(29)27-21-16-20(10-11-22(21)30-23)24(28)26-13-12-18-7-3-2-4-8-18/h2-11,14-16H,12-13H2,1H3,(H,26,28)(H,27,29)/b23-15+. The number of carbonyl (C=O) groups excluding carboxylic acids is 2. The Morgan fingerprint density at radius 1 is 1.03 bits per heavy atom. The second-order valence-corrected chi connectivity index (χ2v) is 8.27. The first kappa shape index (κ1) is 20.0. The topological polar surface area (TPSA) is 58.2 Å². The van der Waals surface area contributed by atoms with Gasteiger partial charge in [-0.1, -0.05) is 71.9 Å². The van der Waals surface area contributed by atoms with Crippen LogP contribution in [0.1, 0.15) is 27.0 Å². The fourth-order valence-electron chi connectivity index (χ4n) is 3.28. The number of rotatable bonds is 5. The highest BCUT2D eigenvalue weighted by Gasteiger charge is 2.22. The van der Waals surface area contributed by atoms with E-state index in [0.717, 1.165) is 22.4 Å². The summed E-state index contributed by atoms with van der Waals surface area (Å²) in [6.07, 6.45) is 2.66. The van der Waals surface area contributed by atoms with Crippen molar-refractivity contribution in [2.45, 2.75) is 18.2 Å². The molecular weight excluding hydrogens is 392 g/mol. The largest absolute Gasteiger partial charge is 0.352 e. The summed E-state index contributed by atoms with van der Waals surface area (Å²) in [4.78, 5) is 26.6. The van der Waals surface area contributed by atoms with Crippen molar-refractivity contribution >= 4 is 35.3 Å². The number of nitrogens with one attached hydrogen (secondary N) is 2. The summed E-state index contributed by atoms with van der Waals surface area (Å²) in [5, 5.41) is 5.86. The van der Waals surface area contributed by atoms with Crippen molar-refractivity contribution in [3.05, 3.63) is 100.0 Å². The van der Waals surface area contributed by atoms with E-state index in [1.807, 2.05) is 73.7 Å². The van der Waals surface area contributed by atoms with Crippen molar-refractivity contribution in [2.24, 2.45) is 0 Å². The van der Waals surface area contributed by atoms with Gasteiger partial charge in [-0.15, -0.1) is 0 Å². The maximum absolute atomic E-state index is 12.6. The van der Waals surface area contributed by atoms with Gasteiger partial charge in [0.15, 0.2) is 0 Å². The van der Waals surface area contributed by atoms with Gasteiger partial charge >= 0.3 is 0 Å². The van der Waals surface area contributed by atoms with E-state index >= 15 is 0 Å². The molecule has 0 saturated heterocycles. The molecule has 3 aromatic rings. The van der Waals surface area contributed by atoms with Crippen molar-refractivity contribution in [3.8, 4) is 0 Å². The van der Waals surface area contributed by atoms with Crippen LogP contribution in [-0.4, -0.2) is 18.4 Å². The highest BCUT2D eigenvalue weighted by molar-refractivity contribution is 8.04. The third kappa shape index (κ3) is 4.81. The van der Waals surface area contributed by atoms with E-state index in [0.29, 0.717) is 22.7 Å². The fourth-order valence-corrected chi connectivity index (χ4v) is 4.21. The van der Waals surface area contributed by atoms with E-state index in [1.165, 1.54) is 17.3 Å². The van der Waals surface area contributed by atoms with Gasteiger partial charge < -0.3 is 10.6 Å². The van der Waals surface area contributed by atoms with Gasteiger partial charge in [0.25, 0.3) is 11.8 Å². The Kier molecular flexibility index (Phi) is 6.00. The molecule has 0 aliphatic carbocycles. The zero-order valence-electron chi connectivity index (χ0n) is 16.6. The molecule has 4 rings (SSSR count). The van der Waals surface area contributed by atoms with Crippen molar-refractivity contribution in [2.75, 3.05) is 11.9 Å². The molecule has 5 heteroatoms. The van der Waals surface area contributed by atoms with Crippen molar-refractivity contribution in [3.63, 3.8) is 0 Å². The maximum atomic E-state index is 12.6. The Morgan fingerprint density at radius 2 is 1.87 bits per heavy atom. The molecule has 0 unspecified atom stereocenters. The smallest absolute Gasteiger partial charge is 0.262 e. The highest BCUT2D eigenvalue weighted by atomic mass is 32.2. The summed E-state index contributed by atoms with van der Waals surface area (Å²) in [6, 6.07) is 23.5. The minimum Gasteiger partial charge on any atom is -0.352 e. The molecule has 0 radical (unpaired) electrons. The Hall–Kier alpha value is -3.31. The highest BCUT2D eigenvalue weighted by Crippen LogP contribution is 2.39. The van der Waals surface area contributed by atoms with E-state index in [2.05, 4.69) is 10.6 Å². The number of aryl methyl sites for hydroxylation is 1. The predicted molar refractivity (Wildman–Crippen MR) is 123 cm³/mol. The van der Waals surface area contributed by atoms with Gasteiger partial charge in [-0.05, 0) is 48.7 Å². The Labute approximate surface area is 180 Å². The number of thioether (sulfide) groups is 1. The molecule has 0 bridgehead atoms. The van der Waals surface area contributed by atoms with Crippen LogP contribution in [0.3, 0.4) is 0 Å². The van der Waals surface area contributed by atoms with Gasteiger partial charge in [0.2, 0.25) is 0 Å². The molecule has 30 heavy (non-hydrogen) atoms. The molecule has 1 aliphatic rings. The summed E-state index contributed by atoms with van der Waals surface area (Å²) in [7, 11) is 0. The minimum atomic E-state index is -0.157. The first-order valence-corrected chi connectivity index (χ1v) is 10.6. The Balaban J connectivity index is 1.43. The van der Waals surface area contributed by atoms with Crippen LogP contribution in [0.4, 0.5) is 5.69 Å². The SMILES string of the molecule is Cc1cccc(/C=C2/Sc3ccc(C(=O)NCCc4ccccc4)cc3NC2=O)c1. The lowest BCUT2D eigenvalue weighted by Gasteiger charge is -2.19. The minimum absolute atomic E-state index is 0.144. The van der Waals surface area contributed by atoms with Crippen LogP contribution in [0.2, 0.25) is 0 Å². The van der Waals surface area contributed by atoms with Crippen LogP contribution in [0.5, 0.6) is 0 Å². The normalized spacial score (nSPS) is 14.2. The zero-order valence-corrected chi connectivity index (χ0v) is 17.5. The zero-order chi connectivity index (χ0) is 20.9. The van der Waals surface area contributed by atoms with Crippen molar-refractivity contribution in [1.29, 1.82) is 0 Å². The lowest BCUT2D eigenvalue weighted by Crippen LogP contribution is -2.26. The molecule has 0 atom stereocenters. The lowest BCUT2D eigenvalue weighted by molar-refractivity contribution is -0.112. The third-order valence-corrected chi connectivity index (χ3v) is 5.91. The molecule has 1 heterocycles.